The summed E-state index contributed by atoms with van der Waals surface area (Å²) in [6.07, 6.45) is 0. The van der Waals surface area contributed by atoms with Crippen molar-refractivity contribution in [2.24, 2.45) is 0 Å². The van der Waals surface area contributed by atoms with E-state index in [1.54, 1.807) is 7.11 Å². The highest BCUT2D eigenvalue weighted by Crippen LogP contribution is 1.96. The maximum atomic E-state index is 4.70. The summed E-state index contributed by atoms with van der Waals surface area (Å²) in [5.74, 6) is 0. The van der Waals surface area contributed by atoms with Gasteiger partial charge >= 0.3 is 0 Å². The molecule has 3 heteroatoms. The lowest BCUT2D eigenvalue weighted by atomic mass is 10.3. The molecule has 3 nitrogen and oxygen atoms in total. The van der Waals surface area contributed by atoms with Crippen LogP contribution in [0.25, 0.3) is 0 Å². The van der Waals surface area contributed by atoms with Gasteiger partial charge in [0.05, 0.1) is 19.3 Å². The second-order valence-electron chi connectivity index (χ2n) is 2.30. The van der Waals surface area contributed by atoms with E-state index in [1.165, 1.54) is 0 Å². The number of hydroxylamine groups is 1. The molecule has 0 aliphatic rings. The van der Waals surface area contributed by atoms with Crippen LogP contribution in [-0.4, -0.2) is 12.1 Å². The first-order valence-corrected chi connectivity index (χ1v) is 3.51. The van der Waals surface area contributed by atoms with Gasteiger partial charge in [-0.05, 0) is 19.1 Å². The molecule has 60 valence electrons. The summed E-state index contributed by atoms with van der Waals surface area (Å²) in [4.78, 5) is 8.96. The van der Waals surface area contributed by atoms with Crippen molar-refractivity contribution in [1.29, 1.82) is 0 Å². The topological polar surface area (TPSA) is 34.1 Å². The van der Waals surface area contributed by atoms with E-state index in [9.17, 15) is 0 Å². The molecule has 1 heterocycles. The van der Waals surface area contributed by atoms with Crippen molar-refractivity contribution in [2.75, 3.05) is 7.11 Å². The lowest BCUT2D eigenvalue weighted by molar-refractivity contribution is 0.0858. The lowest BCUT2D eigenvalue weighted by Crippen LogP contribution is -2.11. The normalized spacial score (nSPS) is 10.0. The van der Waals surface area contributed by atoms with Gasteiger partial charge in [0, 0.05) is 5.69 Å². The van der Waals surface area contributed by atoms with Gasteiger partial charge in [0.1, 0.15) is 0 Å². The molecule has 1 rings (SSSR count). The number of nitrogens with one attached hydrogen (secondary N) is 1. The summed E-state index contributed by atoms with van der Waals surface area (Å²) in [7, 11) is 1.59. The van der Waals surface area contributed by atoms with Crippen LogP contribution in [0.5, 0.6) is 0 Å². The summed E-state index contributed by atoms with van der Waals surface area (Å²) in [5.41, 5.74) is 4.75. The van der Waals surface area contributed by atoms with Crippen LogP contribution < -0.4 is 5.48 Å². The SMILES string of the molecule is CONCc1cccc(C)n1. The highest BCUT2D eigenvalue weighted by molar-refractivity contribution is 5.09. The number of aryl methyl sites for hydroxylation is 1. The molecule has 1 aromatic heterocycles. The molecule has 0 aliphatic heterocycles. The molecule has 0 bridgehead atoms. The van der Waals surface area contributed by atoms with Crippen LogP contribution in [0.3, 0.4) is 0 Å². The Kier molecular flexibility index (Phi) is 3.01. The first-order valence-electron chi connectivity index (χ1n) is 3.51. The fraction of sp³-hybridized carbons (Fsp3) is 0.375. The monoisotopic (exact) mass is 152 g/mol. The highest BCUT2D eigenvalue weighted by atomic mass is 16.6. The quantitative estimate of drug-likeness (QED) is 0.657. The van der Waals surface area contributed by atoms with Gasteiger partial charge in [0.25, 0.3) is 0 Å². The van der Waals surface area contributed by atoms with Crippen LogP contribution in [0.4, 0.5) is 0 Å². The first-order chi connectivity index (χ1) is 5.33. The van der Waals surface area contributed by atoms with Crippen molar-refractivity contribution >= 4 is 0 Å². The van der Waals surface area contributed by atoms with Gasteiger partial charge in [-0.1, -0.05) is 6.07 Å². The largest absolute Gasteiger partial charge is 0.305 e. The Morgan fingerprint density at radius 1 is 1.55 bits per heavy atom. The van der Waals surface area contributed by atoms with Gasteiger partial charge in [-0.3, -0.25) is 4.98 Å². The average Bonchev–Trinajstić information content (AvgIpc) is 2.01. The van der Waals surface area contributed by atoms with Crippen molar-refractivity contribution in [3.05, 3.63) is 29.6 Å². The standard InChI is InChI=1S/C8H12N2O/c1-7-4-3-5-8(10-7)6-9-11-2/h3-5,9H,6H2,1-2H3. The molecule has 0 saturated heterocycles. The zero-order valence-corrected chi connectivity index (χ0v) is 6.79. The van der Waals surface area contributed by atoms with Gasteiger partial charge in [0.2, 0.25) is 0 Å². The molecule has 0 aromatic carbocycles. The van der Waals surface area contributed by atoms with Crippen LogP contribution in [0.1, 0.15) is 11.4 Å². The third-order valence-corrected chi connectivity index (χ3v) is 1.34. The maximum absolute atomic E-state index is 4.70. The van der Waals surface area contributed by atoms with Crippen LogP contribution in [0.2, 0.25) is 0 Å². The van der Waals surface area contributed by atoms with E-state index < -0.39 is 0 Å². The second-order valence-corrected chi connectivity index (χ2v) is 2.30. The Morgan fingerprint density at radius 3 is 3.00 bits per heavy atom. The van der Waals surface area contributed by atoms with Gasteiger partial charge in [0.15, 0.2) is 0 Å². The Labute approximate surface area is 66.4 Å². The summed E-state index contributed by atoms with van der Waals surface area (Å²) in [6, 6.07) is 5.91. The van der Waals surface area contributed by atoms with E-state index in [0.29, 0.717) is 6.54 Å². The molecule has 11 heavy (non-hydrogen) atoms. The van der Waals surface area contributed by atoms with Crippen molar-refractivity contribution < 1.29 is 4.84 Å². The van der Waals surface area contributed by atoms with Crippen LogP contribution in [0, 0.1) is 6.92 Å². The summed E-state index contributed by atoms with van der Waals surface area (Å²) < 4.78 is 0. The number of nitrogens with zero attached hydrogens (tertiary/aromatic N) is 1. The molecule has 0 aliphatic carbocycles. The van der Waals surface area contributed by atoms with E-state index in [4.69, 9.17) is 4.84 Å². The van der Waals surface area contributed by atoms with Gasteiger partial charge in [-0.15, -0.1) is 0 Å². The number of rotatable bonds is 3. The summed E-state index contributed by atoms with van der Waals surface area (Å²) in [6.45, 7) is 2.62. The summed E-state index contributed by atoms with van der Waals surface area (Å²) >= 11 is 0. The van der Waals surface area contributed by atoms with Gasteiger partial charge < -0.3 is 4.84 Å². The van der Waals surface area contributed by atoms with Crippen molar-refractivity contribution in [1.82, 2.24) is 10.5 Å². The van der Waals surface area contributed by atoms with Gasteiger partial charge in [-0.25, -0.2) is 0 Å². The molecule has 0 amide bonds. The fourth-order valence-electron chi connectivity index (χ4n) is 0.844. The zero-order chi connectivity index (χ0) is 8.10. The Morgan fingerprint density at radius 2 is 2.36 bits per heavy atom. The van der Waals surface area contributed by atoms with Crippen LogP contribution in [-0.2, 0) is 11.4 Å². The van der Waals surface area contributed by atoms with E-state index >= 15 is 0 Å². The lowest BCUT2D eigenvalue weighted by Gasteiger charge is -2.00. The van der Waals surface area contributed by atoms with Gasteiger partial charge in [-0.2, -0.15) is 5.48 Å². The molecule has 1 aromatic rings. The third kappa shape index (κ3) is 2.65. The molecule has 0 fully saturated rings. The van der Waals surface area contributed by atoms with Crippen molar-refractivity contribution in [2.45, 2.75) is 13.5 Å². The maximum Gasteiger partial charge on any atom is 0.0633 e. The fourth-order valence-corrected chi connectivity index (χ4v) is 0.844. The predicted octanol–water partition coefficient (Wildman–Crippen LogP) is 1.04. The van der Waals surface area contributed by atoms with E-state index in [2.05, 4.69) is 10.5 Å². The molecular formula is C8H12N2O. The smallest absolute Gasteiger partial charge is 0.0633 e. The highest BCUT2D eigenvalue weighted by Gasteiger charge is 1.91. The predicted molar refractivity (Wildman–Crippen MR) is 42.8 cm³/mol. The third-order valence-electron chi connectivity index (χ3n) is 1.34. The Hall–Kier alpha value is -0.930. The molecule has 0 radical (unpaired) electrons. The second kappa shape index (κ2) is 4.05. The molecule has 0 saturated carbocycles. The number of aromatic nitrogens is 1. The van der Waals surface area contributed by atoms with Crippen LogP contribution >= 0.6 is 0 Å². The average molecular weight is 152 g/mol. The first kappa shape index (κ1) is 8.17. The number of hydrogen-bond acceptors (Lipinski definition) is 3. The number of hydrogen-bond donors (Lipinski definition) is 1. The number of pyridine rings is 1. The summed E-state index contributed by atoms with van der Waals surface area (Å²) in [5, 5.41) is 0. The minimum Gasteiger partial charge on any atom is -0.305 e. The van der Waals surface area contributed by atoms with Crippen molar-refractivity contribution in [3.8, 4) is 0 Å². The molecule has 0 unspecified atom stereocenters. The minimum atomic E-state index is 0.651. The molecule has 0 atom stereocenters. The molecule has 1 N–H and O–H groups in total. The Balaban J connectivity index is 2.56. The van der Waals surface area contributed by atoms with Crippen LogP contribution in [0.15, 0.2) is 18.2 Å². The minimum absolute atomic E-state index is 0.651. The van der Waals surface area contributed by atoms with E-state index in [0.717, 1.165) is 11.4 Å². The van der Waals surface area contributed by atoms with E-state index in [-0.39, 0.29) is 0 Å². The van der Waals surface area contributed by atoms with E-state index in [1.807, 2.05) is 25.1 Å². The van der Waals surface area contributed by atoms with Crippen molar-refractivity contribution in [3.63, 3.8) is 0 Å². The zero-order valence-electron chi connectivity index (χ0n) is 6.79. The Bertz CT molecular complexity index is 225. The molecular weight excluding hydrogens is 140 g/mol. The molecule has 0 spiro atoms.